The van der Waals surface area contributed by atoms with Crippen LogP contribution in [0.2, 0.25) is 10.0 Å². The van der Waals surface area contributed by atoms with Crippen molar-refractivity contribution in [3.63, 3.8) is 0 Å². The molecule has 1 saturated heterocycles. The SMILES string of the molecule is CCOC(=O)N1CCC(NC(=O)c2ccc(Cl)c(Cl)c2)C12CCCCC2. The van der Waals surface area contributed by atoms with E-state index >= 15 is 0 Å². The van der Waals surface area contributed by atoms with E-state index in [2.05, 4.69) is 5.32 Å². The van der Waals surface area contributed by atoms with Crippen LogP contribution < -0.4 is 5.32 Å². The summed E-state index contributed by atoms with van der Waals surface area (Å²) in [6, 6.07) is 4.77. The third-order valence-electron chi connectivity index (χ3n) is 5.52. The van der Waals surface area contributed by atoms with Gasteiger partial charge >= 0.3 is 6.09 Å². The van der Waals surface area contributed by atoms with E-state index in [0.717, 1.165) is 38.5 Å². The van der Waals surface area contributed by atoms with Gasteiger partial charge in [-0.25, -0.2) is 4.79 Å². The summed E-state index contributed by atoms with van der Waals surface area (Å²) >= 11 is 12.0. The fourth-order valence-corrected chi connectivity index (χ4v) is 4.58. The summed E-state index contributed by atoms with van der Waals surface area (Å²) in [5.41, 5.74) is 0.121. The maximum absolute atomic E-state index is 12.7. The predicted molar refractivity (Wildman–Crippen MR) is 102 cm³/mol. The lowest BCUT2D eigenvalue weighted by atomic mass is 9.76. The smallest absolute Gasteiger partial charge is 0.410 e. The molecule has 1 spiro atoms. The summed E-state index contributed by atoms with van der Waals surface area (Å²) < 4.78 is 5.26. The van der Waals surface area contributed by atoms with Gasteiger partial charge in [-0.15, -0.1) is 0 Å². The first-order valence-electron chi connectivity index (χ1n) is 9.18. The number of carbonyl (C=O) groups excluding carboxylic acids is 2. The van der Waals surface area contributed by atoms with E-state index in [1.807, 2.05) is 11.8 Å². The molecule has 5 nitrogen and oxygen atoms in total. The van der Waals surface area contributed by atoms with Gasteiger partial charge in [-0.05, 0) is 44.4 Å². The number of carbonyl (C=O) groups is 2. The number of rotatable bonds is 3. The zero-order chi connectivity index (χ0) is 18.7. The van der Waals surface area contributed by atoms with Gasteiger partial charge < -0.3 is 15.0 Å². The van der Waals surface area contributed by atoms with Crippen molar-refractivity contribution in [1.29, 1.82) is 0 Å². The lowest BCUT2D eigenvalue weighted by molar-refractivity contribution is 0.0440. The fourth-order valence-electron chi connectivity index (χ4n) is 4.28. The third kappa shape index (κ3) is 3.65. The van der Waals surface area contributed by atoms with Crippen LogP contribution in [0.15, 0.2) is 18.2 Å². The minimum Gasteiger partial charge on any atom is -0.450 e. The van der Waals surface area contributed by atoms with Crippen LogP contribution in [0.25, 0.3) is 0 Å². The second-order valence-corrected chi connectivity index (χ2v) is 7.77. The van der Waals surface area contributed by atoms with Crippen LogP contribution in [0, 0.1) is 0 Å². The van der Waals surface area contributed by atoms with Gasteiger partial charge in [0.15, 0.2) is 0 Å². The van der Waals surface area contributed by atoms with Crippen molar-refractivity contribution in [3.8, 4) is 0 Å². The zero-order valence-electron chi connectivity index (χ0n) is 14.9. The first-order chi connectivity index (χ1) is 12.5. The van der Waals surface area contributed by atoms with Gasteiger partial charge in [0.2, 0.25) is 0 Å². The number of hydrogen-bond donors (Lipinski definition) is 1. The fraction of sp³-hybridized carbons (Fsp3) is 0.579. The molecule has 1 aliphatic heterocycles. The summed E-state index contributed by atoms with van der Waals surface area (Å²) in [4.78, 5) is 27.0. The molecule has 1 N–H and O–H groups in total. The first kappa shape index (κ1) is 19.3. The van der Waals surface area contributed by atoms with Crippen molar-refractivity contribution in [2.45, 2.75) is 57.0 Å². The van der Waals surface area contributed by atoms with Crippen molar-refractivity contribution in [1.82, 2.24) is 10.2 Å². The molecule has 7 heteroatoms. The Kier molecular flexibility index (Phi) is 5.98. The molecule has 1 aromatic carbocycles. The average molecular weight is 399 g/mol. The third-order valence-corrected chi connectivity index (χ3v) is 6.26. The molecule has 2 aliphatic rings. The van der Waals surface area contributed by atoms with E-state index in [1.54, 1.807) is 18.2 Å². The summed E-state index contributed by atoms with van der Waals surface area (Å²) in [6.45, 7) is 2.77. The highest BCUT2D eigenvalue weighted by Gasteiger charge is 2.52. The van der Waals surface area contributed by atoms with E-state index in [-0.39, 0.29) is 23.6 Å². The molecule has 142 valence electrons. The molecule has 1 saturated carbocycles. The van der Waals surface area contributed by atoms with Gasteiger partial charge in [-0.3, -0.25) is 4.79 Å². The summed E-state index contributed by atoms with van der Waals surface area (Å²) in [5.74, 6) is -0.191. The Labute approximate surface area is 164 Å². The standard InChI is InChI=1S/C19H24Cl2N2O3/c1-2-26-18(25)23-11-8-16(19(23)9-4-3-5-10-19)22-17(24)13-6-7-14(20)15(21)12-13/h6-7,12,16H,2-5,8-11H2,1H3,(H,22,24). The van der Waals surface area contributed by atoms with Crippen molar-refractivity contribution in [2.75, 3.05) is 13.2 Å². The molecule has 1 heterocycles. The first-order valence-corrected chi connectivity index (χ1v) is 9.94. The topological polar surface area (TPSA) is 58.6 Å². The molecule has 0 aromatic heterocycles. The summed E-state index contributed by atoms with van der Waals surface area (Å²) in [5, 5.41) is 3.91. The average Bonchev–Trinajstić information content (AvgIpc) is 2.95. The van der Waals surface area contributed by atoms with E-state index in [1.165, 1.54) is 0 Å². The van der Waals surface area contributed by atoms with Crippen LogP contribution >= 0.6 is 23.2 Å². The largest absolute Gasteiger partial charge is 0.450 e. The van der Waals surface area contributed by atoms with Gasteiger partial charge in [0.25, 0.3) is 5.91 Å². The van der Waals surface area contributed by atoms with E-state index < -0.39 is 0 Å². The molecule has 1 atom stereocenters. The Bertz CT molecular complexity index is 689. The molecular formula is C19H24Cl2N2O3. The predicted octanol–water partition coefficient (Wildman–Crippen LogP) is 4.66. The highest BCUT2D eigenvalue weighted by atomic mass is 35.5. The maximum atomic E-state index is 12.7. The van der Waals surface area contributed by atoms with Crippen molar-refractivity contribution in [3.05, 3.63) is 33.8 Å². The summed E-state index contributed by atoms with van der Waals surface area (Å²) in [6.07, 6.45) is 5.48. The van der Waals surface area contributed by atoms with E-state index in [0.29, 0.717) is 28.8 Å². The number of likely N-dealkylation sites (tertiary alicyclic amines) is 1. The van der Waals surface area contributed by atoms with Crippen LogP contribution in [-0.2, 0) is 4.74 Å². The normalized spacial score (nSPS) is 21.7. The molecular weight excluding hydrogens is 375 g/mol. The van der Waals surface area contributed by atoms with Crippen LogP contribution in [0.1, 0.15) is 55.8 Å². The number of benzene rings is 1. The Morgan fingerprint density at radius 1 is 1.23 bits per heavy atom. The van der Waals surface area contributed by atoms with Crippen LogP contribution in [0.5, 0.6) is 0 Å². The van der Waals surface area contributed by atoms with Gasteiger partial charge in [0, 0.05) is 12.1 Å². The number of nitrogens with zero attached hydrogens (tertiary/aromatic N) is 1. The Balaban J connectivity index is 1.80. The Hall–Kier alpha value is -1.46. The summed E-state index contributed by atoms with van der Waals surface area (Å²) in [7, 11) is 0. The lowest BCUT2D eigenvalue weighted by Crippen LogP contribution is -2.59. The minimum absolute atomic E-state index is 0.0887. The molecule has 2 fully saturated rings. The zero-order valence-corrected chi connectivity index (χ0v) is 16.4. The molecule has 1 unspecified atom stereocenters. The number of ether oxygens (including phenoxy) is 1. The molecule has 3 rings (SSSR count). The quantitative estimate of drug-likeness (QED) is 0.805. The molecule has 26 heavy (non-hydrogen) atoms. The molecule has 0 bridgehead atoms. The molecule has 1 aliphatic carbocycles. The molecule has 0 radical (unpaired) electrons. The van der Waals surface area contributed by atoms with Gasteiger partial charge in [0.05, 0.1) is 28.2 Å². The van der Waals surface area contributed by atoms with Gasteiger partial charge in [-0.1, -0.05) is 42.5 Å². The maximum Gasteiger partial charge on any atom is 0.410 e. The highest BCUT2D eigenvalue weighted by molar-refractivity contribution is 6.42. The van der Waals surface area contributed by atoms with E-state index in [4.69, 9.17) is 27.9 Å². The number of nitrogens with one attached hydrogen (secondary N) is 1. The number of hydrogen-bond acceptors (Lipinski definition) is 3. The van der Waals surface area contributed by atoms with Crippen LogP contribution in [-0.4, -0.2) is 41.6 Å². The van der Waals surface area contributed by atoms with Gasteiger partial charge in [0.1, 0.15) is 0 Å². The van der Waals surface area contributed by atoms with Crippen molar-refractivity contribution < 1.29 is 14.3 Å². The Morgan fingerprint density at radius 3 is 2.62 bits per heavy atom. The van der Waals surface area contributed by atoms with Crippen LogP contribution in [0.4, 0.5) is 4.79 Å². The molecule has 2 amide bonds. The minimum atomic E-state index is -0.351. The number of amides is 2. The number of halogens is 2. The molecule has 1 aromatic rings. The van der Waals surface area contributed by atoms with Crippen molar-refractivity contribution >= 4 is 35.2 Å². The van der Waals surface area contributed by atoms with E-state index in [9.17, 15) is 9.59 Å². The van der Waals surface area contributed by atoms with Crippen molar-refractivity contribution in [2.24, 2.45) is 0 Å². The van der Waals surface area contributed by atoms with Gasteiger partial charge in [-0.2, -0.15) is 0 Å². The monoisotopic (exact) mass is 398 g/mol. The second-order valence-electron chi connectivity index (χ2n) is 6.96. The second kappa shape index (κ2) is 8.05. The van der Waals surface area contributed by atoms with Crippen LogP contribution in [0.3, 0.4) is 0 Å². The lowest BCUT2D eigenvalue weighted by Gasteiger charge is -2.44. The highest BCUT2D eigenvalue weighted by Crippen LogP contribution is 2.42. The Morgan fingerprint density at radius 2 is 1.96 bits per heavy atom.